The van der Waals surface area contributed by atoms with Gasteiger partial charge in [-0.1, -0.05) is 0 Å². The molecular formula is C13H15N3O2S. The molecule has 0 fully saturated rings. The van der Waals surface area contributed by atoms with Gasteiger partial charge in [-0.2, -0.15) is 0 Å². The zero-order valence-electron chi connectivity index (χ0n) is 10.8. The number of hydrogen-bond acceptors (Lipinski definition) is 4. The van der Waals surface area contributed by atoms with Crippen molar-refractivity contribution < 1.29 is 4.79 Å². The highest BCUT2D eigenvalue weighted by atomic mass is 32.1. The van der Waals surface area contributed by atoms with E-state index in [1.165, 1.54) is 10.9 Å². The third kappa shape index (κ3) is 3.51. The number of rotatable bonds is 4. The molecule has 2 aromatic rings. The number of carbonyl (C=O) groups is 1. The van der Waals surface area contributed by atoms with Gasteiger partial charge in [-0.15, -0.1) is 11.3 Å². The Morgan fingerprint density at radius 3 is 2.84 bits per heavy atom. The molecule has 0 saturated heterocycles. The minimum Gasteiger partial charge on any atom is -0.352 e. The summed E-state index contributed by atoms with van der Waals surface area (Å²) >= 11 is 1.58. The Morgan fingerprint density at radius 2 is 2.21 bits per heavy atom. The molecule has 0 aromatic carbocycles. The zero-order valence-corrected chi connectivity index (χ0v) is 11.6. The number of thiazole rings is 1. The second kappa shape index (κ2) is 5.79. The summed E-state index contributed by atoms with van der Waals surface area (Å²) in [4.78, 5) is 31.1. The minimum atomic E-state index is -0.261. The Bertz CT molecular complexity index is 645. The molecule has 0 bridgehead atoms. The lowest BCUT2D eigenvalue weighted by Gasteiger charge is -2.05. The molecule has 0 atom stereocenters. The van der Waals surface area contributed by atoms with Crippen molar-refractivity contribution in [3.63, 3.8) is 0 Å². The van der Waals surface area contributed by atoms with Crippen molar-refractivity contribution in [1.29, 1.82) is 0 Å². The number of carbonyl (C=O) groups excluding carboxylic acids is 1. The molecule has 0 saturated carbocycles. The van der Waals surface area contributed by atoms with E-state index in [1.807, 2.05) is 6.92 Å². The van der Waals surface area contributed by atoms with E-state index in [-0.39, 0.29) is 11.5 Å². The van der Waals surface area contributed by atoms with Crippen LogP contribution in [0, 0.1) is 13.8 Å². The highest BCUT2D eigenvalue weighted by Crippen LogP contribution is 2.11. The molecule has 100 valence electrons. The fraction of sp³-hybridized carbons (Fsp3) is 0.308. The van der Waals surface area contributed by atoms with Crippen LogP contribution in [-0.2, 0) is 6.42 Å². The number of nitrogens with zero attached hydrogens (tertiary/aromatic N) is 1. The topological polar surface area (TPSA) is 74.8 Å². The molecule has 0 aliphatic rings. The number of aromatic amines is 1. The quantitative estimate of drug-likeness (QED) is 0.887. The van der Waals surface area contributed by atoms with Gasteiger partial charge in [0.2, 0.25) is 5.56 Å². The fourth-order valence-corrected chi connectivity index (χ4v) is 2.55. The van der Waals surface area contributed by atoms with Crippen molar-refractivity contribution in [2.45, 2.75) is 20.3 Å². The number of aryl methyl sites for hydroxylation is 2. The van der Waals surface area contributed by atoms with Crippen molar-refractivity contribution in [1.82, 2.24) is 15.3 Å². The Balaban J connectivity index is 1.94. The van der Waals surface area contributed by atoms with Crippen LogP contribution in [0.25, 0.3) is 0 Å². The summed E-state index contributed by atoms with van der Waals surface area (Å²) in [5.74, 6) is -0.226. The first-order chi connectivity index (χ1) is 9.06. The Labute approximate surface area is 114 Å². The van der Waals surface area contributed by atoms with E-state index in [4.69, 9.17) is 0 Å². The van der Waals surface area contributed by atoms with Gasteiger partial charge in [0.15, 0.2) is 0 Å². The summed E-state index contributed by atoms with van der Waals surface area (Å²) in [5.41, 5.74) is 3.61. The first kappa shape index (κ1) is 13.5. The average molecular weight is 277 g/mol. The van der Waals surface area contributed by atoms with E-state index < -0.39 is 0 Å². The van der Waals surface area contributed by atoms with Gasteiger partial charge < -0.3 is 10.3 Å². The van der Waals surface area contributed by atoms with Gasteiger partial charge in [-0.25, -0.2) is 4.98 Å². The van der Waals surface area contributed by atoms with Gasteiger partial charge in [0, 0.05) is 35.2 Å². The molecule has 0 aliphatic carbocycles. The Hall–Kier alpha value is -1.95. The van der Waals surface area contributed by atoms with Crippen LogP contribution in [-0.4, -0.2) is 22.4 Å². The van der Waals surface area contributed by atoms with E-state index >= 15 is 0 Å². The molecule has 0 aliphatic heterocycles. The maximum absolute atomic E-state index is 11.9. The maximum Gasteiger partial charge on any atom is 0.251 e. The number of hydrogen-bond donors (Lipinski definition) is 2. The summed E-state index contributed by atoms with van der Waals surface area (Å²) in [6.45, 7) is 4.24. The van der Waals surface area contributed by atoms with Crippen LogP contribution in [0.5, 0.6) is 0 Å². The summed E-state index contributed by atoms with van der Waals surface area (Å²) < 4.78 is 0. The lowest BCUT2D eigenvalue weighted by Crippen LogP contribution is -2.27. The first-order valence-electron chi connectivity index (χ1n) is 5.94. The van der Waals surface area contributed by atoms with Crippen molar-refractivity contribution in [2.24, 2.45) is 0 Å². The van der Waals surface area contributed by atoms with E-state index in [2.05, 4.69) is 15.3 Å². The fourth-order valence-electron chi connectivity index (χ4n) is 1.77. The minimum absolute atomic E-state index is 0.226. The molecule has 19 heavy (non-hydrogen) atoms. The van der Waals surface area contributed by atoms with E-state index in [0.717, 1.165) is 12.1 Å². The number of aromatic nitrogens is 2. The van der Waals surface area contributed by atoms with Crippen LogP contribution in [0.15, 0.2) is 22.4 Å². The van der Waals surface area contributed by atoms with Crippen molar-refractivity contribution in [2.75, 3.05) is 6.54 Å². The van der Waals surface area contributed by atoms with Gasteiger partial charge in [0.1, 0.15) is 0 Å². The van der Waals surface area contributed by atoms with E-state index in [9.17, 15) is 9.59 Å². The summed E-state index contributed by atoms with van der Waals surface area (Å²) in [6.07, 6.45) is 0.754. The van der Waals surface area contributed by atoms with Crippen LogP contribution in [0.1, 0.15) is 26.6 Å². The van der Waals surface area contributed by atoms with Crippen LogP contribution in [0.4, 0.5) is 0 Å². The van der Waals surface area contributed by atoms with Gasteiger partial charge in [-0.05, 0) is 19.9 Å². The van der Waals surface area contributed by atoms with Crippen LogP contribution in [0.2, 0.25) is 0 Å². The number of pyridine rings is 1. The second-order valence-corrected chi connectivity index (χ2v) is 5.22. The molecule has 2 rings (SSSR count). The highest BCUT2D eigenvalue weighted by Gasteiger charge is 2.07. The van der Waals surface area contributed by atoms with Crippen LogP contribution < -0.4 is 10.9 Å². The monoisotopic (exact) mass is 277 g/mol. The predicted octanol–water partition coefficient (Wildman–Crippen LogP) is 1.42. The van der Waals surface area contributed by atoms with Gasteiger partial charge in [-0.3, -0.25) is 9.59 Å². The molecule has 0 spiro atoms. The van der Waals surface area contributed by atoms with Gasteiger partial charge in [0.05, 0.1) is 11.2 Å². The standard InChI is InChI=1S/C13H15N3O2S/c1-8-5-10(6-12(17)16-8)13(18)14-4-3-11-9(2)15-7-19-11/h5-7H,3-4H2,1-2H3,(H,14,18)(H,16,17). The van der Waals surface area contributed by atoms with Crippen molar-refractivity contribution >= 4 is 17.2 Å². The normalized spacial score (nSPS) is 10.4. The van der Waals surface area contributed by atoms with Crippen molar-refractivity contribution in [3.05, 3.63) is 49.8 Å². The molecule has 2 aromatic heterocycles. The third-order valence-electron chi connectivity index (χ3n) is 2.72. The number of H-pyrrole nitrogens is 1. The SMILES string of the molecule is Cc1cc(C(=O)NCCc2scnc2C)cc(=O)[nH]1. The second-order valence-electron chi connectivity index (χ2n) is 4.28. The van der Waals surface area contributed by atoms with Crippen LogP contribution >= 0.6 is 11.3 Å². The molecule has 2 N–H and O–H groups in total. The Kier molecular flexibility index (Phi) is 4.11. The van der Waals surface area contributed by atoms with Crippen molar-refractivity contribution in [3.8, 4) is 0 Å². The molecule has 1 amide bonds. The largest absolute Gasteiger partial charge is 0.352 e. The van der Waals surface area contributed by atoms with Crippen LogP contribution in [0.3, 0.4) is 0 Å². The average Bonchev–Trinajstić information content (AvgIpc) is 2.74. The molecule has 0 unspecified atom stereocenters. The molecule has 0 radical (unpaired) electrons. The smallest absolute Gasteiger partial charge is 0.251 e. The highest BCUT2D eigenvalue weighted by molar-refractivity contribution is 7.09. The van der Waals surface area contributed by atoms with E-state index in [0.29, 0.717) is 17.8 Å². The lowest BCUT2D eigenvalue weighted by molar-refractivity contribution is 0.0954. The molecular weight excluding hydrogens is 262 g/mol. The Morgan fingerprint density at radius 1 is 1.42 bits per heavy atom. The molecule has 5 nitrogen and oxygen atoms in total. The van der Waals surface area contributed by atoms with E-state index in [1.54, 1.807) is 29.8 Å². The number of amides is 1. The lowest BCUT2D eigenvalue weighted by atomic mass is 10.2. The summed E-state index contributed by atoms with van der Waals surface area (Å²) in [7, 11) is 0. The third-order valence-corrected chi connectivity index (χ3v) is 3.72. The number of nitrogens with one attached hydrogen (secondary N) is 2. The summed E-state index contributed by atoms with van der Waals surface area (Å²) in [5, 5.41) is 2.81. The van der Waals surface area contributed by atoms with Gasteiger partial charge >= 0.3 is 0 Å². The first-order valence-corrected chi connectivity index (χ1v) is 6.82. The molecule has 6 heteroatoms. The summed E-state index contributed by atoms with van der Waals surface area (Å²) in [6, 6.07) is 2.97. The maximum atomic E-state index is 11.9. The molecule has 2 heterocycles. The zero-order chi connectivity index (χ0) is 13.8. The van der Waals surface area contributed by atoms with Gasteiger partial charge in [0.25, 0.3) is 5.91 Å². The predicted molar refractivity (Wildman–Crippen MR) is 74.7 cm³/mol.